The third kappa shape index (κ3) is 12.6. The quantitative estimate of drug-likeness (QED) is 0.0856. The van der Waals surface area contributed by atoms with Crippen molar-refractivity contribution in [2.24, 2.45) is 5.92 Å². The fourth-order valence-electron chi connectivity index (χ4n) is 8.33. The number of thiazole rings is 1. The van der Waals surface area contributed by atoms with Crippen molar-refractivity contribution >= 4 is 34.1 Å². The van der Waals surface area contributed by atoms with Crippen LogP contribution in [0.3, 0.4) is 0 Å². The third-order valence-corrected chi connectivity index (χ3v) is 12.7. The van der Waals surface area contributed by atoms with E-state index in [0.29, 0.717) is 52.3 Å². The Hall–Kier alpha value is -3.37. The van der Waals surface area contributed by atoms with E-state index in [2.05, 4.69) is 34.2 Å². The standard InChI is InChI=1S/C45H67N5O8S/c1-31(49(5)44(53)58-45(2,3)4)41(51)48-40(32-12-7-6-8-13-32)43(52)50-23-11-16-38(50)42-47-37(30-59-42)35-17-18-39(36-15-10-9-14-34(35)36)57-29-27-55-25-24-54-26-28-56-33-19-21-46-22-20-33/h9-10,14-15,17-18,30-33,38,40-41,46,48,51H,6-8,11-13,16,19-29H2,1-5H3/t31-,38-,40-,41?/m0/s1. The first kappa shape index (κ1) is 45.2. The molecule has 2 aliphatic heterocycles. The topological polar surface area (TPSA) is 144 Å². The number of likely N-dealkylation sites (tertiary alicyclic amines) is 1. The lowest BCUT2D eigenvalue weighted by Crippen LogP contribution is -2.58. The van der Waals surface area contributed by atoms with E-state index in [4.69, 9.17) is 28.7 Å². The largest absolute Gasteiger partial charge is 0.491 e. The number of nitrogens with zero attached hydrogens (tertiary/aromatic N) is 3. The number of nitrogens with one attached hydrogen (secondary N) is 2. The van der Waals surface area contributed by atoms with E-state index < -0.39 is 30.0 Å². The predicted octanol–water partition coefficient (Wildman–Crippen LogP) is 6.92. The van der Waals surface area contributed by atoms with Gasteiger partial charge in [0.25, 0.3) is 0 Å². The fourth-order valence-corrected chi connectivity index (χ4v) is 9.30. The Kier molecular flexibility index (Phi) is 16.8. The lowest BCUT2D eigenvalue weighted by atomic mass is 9.83. The van der Waals surface area contributed by atoms with Crippen LogP contribution in [0.1, 0.15) is 96.5 Å². The van der Waals surface area contributed by atoms with Gasteiger partial charge in [-0.1, -0.05) is 43.5 Å². The van der Waals surface area contributed by atoms with Gasteiger partial charge in [0.05, 0.1) is 63.0 Å². The zero-order valence-corrected chi connectivity index (χ0v) is 36.6. The first-order chi connectivity index (χ1) is 28.5. The highest BCUT2D eigenvalue weighted by Gasteiger charge is 2.41. The van der Waals surface area contributed by atoms with E-state index in [1.54, 1.807) is 25.3 Å². The summed E-state index contributed by atoms with van der Waals surface area (Å²) in [5.41, 5.74) is 1.22. The minimum atomic E-state index is -1.12. The molecule has 1 unspecified atom stereocenters. The summed E-state index contributed by atoms with van der Waals surface area (Å²) in [6.07, 6.45) is 7.59. The molecule has 2 aromatic carbocycles. The second-order valence-electron chi connectivity index (χ2n) is 17.1. The van der Waals surface area contributed by atoms with Crippen molar-refractivity contribution in [3.63, 3.8) is 0 Å². The van der Waals surface area contributed by atoms with Crippen LogP contribution in [0.5, 0.6) is 5.75 Å². The molecule has 0 spiro atoms. The summed E-state index contributed by atoms with van der Waals surface area (Å²) in [5.74, 6) is 0.866. The van der Waals surface area contributed by atoms with Gasteiger partial charge in [0.15, 0.2) is 0 Å². The van der Waals surface area contributed by atoms with E-state index in [0.717, 1.165) is 104 Å². The molecule has 1 aromatic heterocycles. The Morgan fingerprint density at radius 3 is 2.36 bits per heavy atom. The number of hydrogen-bond donors (Lipinski definition) is 3. The molecule has 4 atom stereocenters. The van der Waals surface area contributed by atoms with Gasteiger partial charge in [-0.15, -0.1) is 11.3 Å². The van der Waals surface area contributed by atoms with Crippen molar-refractivity contribution in [3.8, 4) is 17.0 Å². The summed E-state index contributed by atoms with van der Waals surface area (Å²) in [6, 6.07) is 10.9. The number of fused-ring (bicyclic) bond motifs is 1. The van der Waals surface area contributed by atoms with Gasteiger partial charge in [-0.3, -0.25) is 10.1 Å². The molecule has 3 fully saturated rings. The maximum atomic E-state index is 14.6. The summed E-state index contributed by atoms with van der Waals surface area (Å²) in [4.78, 5) is 36.0. The molecule has 326 valence electrons. The summed E-state index contributed by atoms with van der Waals surface area (Å²) in [6.45, 7) is 13.0. The molecule has 0 bridgehead atoms. The van der Waals surface area contributed by atoms with Crippen LogP contribution in [0.15, 0.2) is 41.8 Å². The van der Waals surface area contributed by atoms with Crippen LogP contribution in [0, 0.1) is 5.92 Å². The van der Waals surface area contributed by atoms with E-state index >= 15 is 0 Å². The average molecular weight is 838 g/mol. The highest BCUT2D eigenvalue weighted by Crippen LogP contribution is 2.40. The van der Waals surface area contributed by atoms with Gasteiger partial charge in [-0.25, -0.2) is 9.78 Å². The molecule has 3 aliphatic rings. The van der Waals surface area contributed by atoms with Gasteiger partial charge in [0, 0.05) is 29.9 Å². The average Bonchev–Trinajstić information content (AvgIpc) is 3.93. The van der Waals surface area contributed by atoms with Crippen molar-refractivity contribution in [2.75, 3.05) is 66.3 Å². The number of aliphatic hydroxyl groups is 1. The number of hydrogen-bond acceptors (Lipinski definition) is 12. The monoisotopic (exact) mass is 837 g/mol. The van der Waals surface area contributed by atoms with E-state index in [1.807, 2.05) is 43.9 Å². The molecule has 0 radical (unpaired) electrons. The molecule has 3 N–H and O–H groups in total. The number of carbonyl (C=O) groups is 2. The summed E-state index contributed by atoms with van der Waals surface area (Å²) < 4.78 is 29.1. The second kappa shape index (κ2) is 21.9. The first-order valence-corrected chi connectivity index (χ1v) is 22.7. The van der Waals surface area contributed by atoms with Gasteiger partial charge in [0.1, 0.15) is 29.2 Å². The van der Waals surface area contributed by atoms with Gasteiger partial charge < -0.3 is 43.9 Å². The highest BCUT2D eigenvalue weighted by molar-refractivity contribution is 7.10. The minimum absolute atomic E-state index is 0.0108. The molecule has 14 heteroatoms. The van der Waals surface area contributed by atoms with Crippen LogP contribution < -0.4 is 15.4 Å². The van der Waals surface area contributed by atoms with Crippen LogP contribution in [0.2, 0.25) is 0 Å². The second-order valence-corrected chi connectivity index (χ2v) is 18.0. The van der Waals surface area contributed by atoms with Crippen LogP contribution in [0.25, 0.3) is 22.0 Å². The lowest BCUT2D eigenvalue weighted by molar-refractivity contribution is -0.138. The van der Waals surface area contributed by atoms with Crippen LogP contribution in [-0.4, -0.2) is 128 Å². The SMILES string of the molecule is C[C@@H](C(O)N[C@H](C(=O)N1CCC[C@H]1c1nc(-c2ccc(OCCOCCOCCOC3CCNCC3)c3ccccc23)cs1)C1CCCCC1)N(C)C(=O)OC(C)(C)C. The highest BCUT2D eigenvalue weighted by atomic mass is 32.1. The molecular formula is C45H67N5O8S. The third-order valence-electron chi connectivity index (χ3n) is 11.7. The number of ether oxygens (including phenoxy) is 5. The van der Waals surface area contributed by atoms with E-state index in [1.165, 1.54) is 4.90 Å². The number of aliphatic hydroxyl groups excluding tert-OH is 1. The van der Waals surface area contributed by atoms with Crippen LogP contribution in [0.4, 0.5) is 4.79 Å². The maximum Gasteiger partial charge on any atom is 0.410 e. The van der Waals surface area contributed by atoms with E-state index in [9.17, 15) is 14.7 Å². The van der Waals surface area contributed by atoms with Gasteiger partial charge in [0.2, 0.25) is 5.91 Å². The van der Waals surface area contributed by atoms with Crippen molar-refractivity contribution < 1.29 is 38.4 Å². The normalized spacial score (nSPS) is 19.8. The summed E-state index contributed by atoms with van der Waals surface area (Å²) in [7, 11) is 1.62. The molecular weight excluding hydrogens is 771 g/mol. The number of rotatable bonds is 19. The molecule has 1 saturated carbocycles. The van der Waals surface area contributed by atoms with E-state index in [-0.39, 0.29) is 17.9 Å². The lowest BCUT2D eigenvalue weighted by Gasteiger charge is -2.38. The van der Waals surface area contributed by atoms with Gasteiger partial charge in [-0.05, 0) is 103 Å². The Morgan fingerprint density at radius 1 is 0.932 bits per heavy atom. The molecule has 13 nitrogen and oxygen atoms in total. The summed E-state index contributed by atoms with van der Waals surface area (Å²) >= 11 is 1.59. The van der Waals surface area contributed by atoms with Crippen molar-refractivity contribution in [3.05, 3.63) is 46.8 Å². The molecule has 6 rings (SSSR count). The maximum absolute atomic E-state index is 14.6. The van der Waals surface area contributed by atoms with Gasteiger partial charge in [-0.2, -0.15) is 0 Å². The Labute approximate surface area is 354 Å². The van der Waals surface area contributed by atoms with Gasteiger partial charge >= 0.3 is 6.09 Å². The van der Waals surface area contributed by atoms with Crippen LogP contribution in [-0.2, 0) is 23.7 Å². The molecule has 3 aromatic rings. The number of benzene rings is 2. The van der Waals surface area contributed by atoms with Crippen LogP contribution >= 0.6 is 11.3 Å². The number of aromatic nitrogens is 1. The zero-order chi connectivity index (χ0) is 41.8. The zero-order valence-electron chi connectivity index (χ0n) is 35.8. The first-order valence-electron chi connectivity index (χ1n) is 21.8. The Bertz CT molecular complexity index is 1770. The summed E-state index contributed by atoms with van der Waals surface area (Å²) in [5, 5.41) is 23.1. The minimum Gasteiger partial charge on any atom is -0.491 e. The number of piperidine rings is 1. The fraction of sp³-hybridized carbons (Fsp3) is 0.667. The molecule has 59 heavy (non-hydrogen) atoms. The molecule has 1 aliphatic carbocycles. The van der Waals surface area contributed by atoms with Crippen molar-refractivity contribution in [1.82, 2.24) is 25.4 Å². The molecule has 3 heterocycles. The number of amides is 2. The molecule has 2 saturated heterocycles. The Morgan fingerprint density at radius 2 is 1.63 bits per heavy atom. The Balaban J connectivity index is 1.05. The molecule has 2 amide bonds. The van der Waals surface area contributed by atoms with Crippen molar-refractivity contribution in [2.45, 2.75) is 122 Å². The predicted molar refractivity (Wildman–Crippen MR) is 231 cm³/mol. The number of carbonyl (C=O) groups excluding carboxylic acids is 2. The van der Waals surface area contributed by atoms with Crippen molar-refractivity contribution in [1.29, 1.82) is 0 Å². The smallest absolute Gasteiger partial charge is 0.410 e. The number of likely N-dealkylation sites (N-methyl/N-ethyl adjacent to an activating group) is 1.